The van der Waals surface area contributed by atoms with Gasteiger partial charge in [-0.2, -0.15) is 0 Å². The van der Waals surface area contributed by atoms with Crippen LogP contribution in [0.15, 0.2) is 36.8 Å². The Labute approximate surface area is 159 Å². The molecule has 0 saturated carbocycles. The van der Waals surface area contributed by atoms with Gasteiger partial charge in [-0.3, -0.25) is 14.7 Å². The van der Waals surface area contributed by atoms with E-state index < -0.39 is 0 Å². The van der Waals surface area contributed by atoms with Crippen molar-refractivity contribution in [2.24, 2.45) is 5.92 Å². The molecule has 7 heteroatoms. The lowest BCUT2D eigenvalue weighted by Gasteiger charge is -2.30. The average molecular weight is 367 g/mol. The van der Waals surface area contributed by atoms with Gasteiger partial charge < -0.3 is 10.1 Å². The van der Waals surface area contributed by atoms with Crippen LogP contribution in [0.5, 0.6) is 0 Å². The van der Waals surface area contributed by atoms with Crippen molar-refractivity contribution in [2.75, 3.05) is 31.6 Å². The number of amides is 1. The zero-order valence-electron chi connectivity index (χ0n) is 15.4. The first-order chi connectivity index (χ1) is 13.3. The van der Waals surface area contributed by atoms with Gasteiger partial charge in [-0.25, -0.2) is 9.97 Å². The summed E-state index contributed by atoms with van der Waals surface area (Å²) in [6, 6.07) is 5.98. The van der Waals surface area contributed by atoms with E-state index in [1.165, 1.54) is 12.6 Å². The molecule has 2 aliphatic rings. The molecule has 7 nitrogen and oxygen atoms in total. The van der Waals surface area contributed by atoms with Crippen LogP contribution >= 0.6 is 0 Å². The van der Waals surface area contributed by atoms with Gasteiger partial charge in [-0.05, 0) is 50.3 Å². The molecule has 4 heterocycles. The molecule has 0 spiro atoms. The number of likely N-dealkylation sites (tertiary alicyclic amines) is 1. The van der Waals surface area contributed by atoms with E-state index >= 15 is 0 Å². The molecular weight excluding hydrogens is 342 g/mol. The van der Waals surface area contributed by atoms with Crippen LogP contribution in [-0.4, -0.2) is 52.1 Å². The van der Waals surface area contributed by atoms with Gasteiger partial charge in [-0.15, -0.1) is 0 Å². The molecule has 4 rings (SSSR count). The second-order valence-electron chi connectivity index (χ2n) is 7.20. The Bertz CT molecular complexity index is 764. The zero-order valence-corrected chi connectivity index (χ0v) is 15.4. The van der Waals surface area contributed by atoms with Crippen molar-refractivity contribution < 1.29 is 9.53 Å². The number of hydrogen-bond donors (Lipinski definition) is 1. The molecule has 0 aliphatic carbocycles. The van der Waals surface area contributed by atoms with E-state index in [0.29, 0.717) is 17.4 Å². The molecule has 1 atom stereocenters. The monoisotopic (exact) mass is 367 g/mol. The third-order valence-electron chi connectivity index (χ3n) is 5.35. The van der Waals surface area contributed by atoms with Crippen LogP contribution in [0.4, 0.5) is 5.82 Å². The van der Waals surface area contributed by atoms with Gasteiger partial charge in [0.25, 0.3) is 5.91 Å². The fourth-order valence-corrected chi connectivity index (χ4v) is 3.95. The third-order valence-corrected chi connectivity index (χ3v) is 5.35. The van der Waals surface area contributed by atoms with Gasteiger partial charge in [0.1, 0.15) is 5.69 Å². The number of pyridine rings is 1. The topological polar surface area (TPSA) is 80.2 Å². The van der Waals surface area contributed by atoms with Crippen molar-refractivity contribution in [1.29, 1.82) is 0 Å². The maximum Gasteiger partial charge on any atom is 0.275 e. The molecule has 142 valence electrons. The highest BCUT2D eigenvalue weighted by molar-refractivity contribution is 6.02. The summed E-state index contributed by atoms with van der Waals surface area (Å²) in [5.41, 5.74) is 1.39. The van der Waals surface area contributed by atoms with Gasteiger partial charge in [0, 0.05) is 32.2 Å². The van der Waals surface area contributed by atoms with Crippen molar-refractivity contribution in [3.8, 4) is 0 Å². The number of carbonyl (C=O) groups excluding carboxylic acids is 1. The zero-order chi connectivity index (χ0) is 18.5. The first-order valence-electron chi connectivity index (χ1n) is 9.66. The second-order valence-corrected chi connectivity index (χ2v) is 7.20. The number of anilines is 1. The molecule has 2 aliphatic heterocycles. The normalized spacial score (nSPS) is 21.3. The molecule has 0 radical (unpaired) electrons. The number of nitrogens with zero attached hydrogens (tertiary/aromatic N) is 4. The van der Waals surface area contributed by atoms with Crippen molar-refractivity contribution in [3.63, 3.8) is 0 Å². The molecule has 2 aromatic heterocycles. The van der Waals surface area contributed by atoms with Gasteiger partial charge in [0.05, 0.1) is 17.9 Å². The molecule has 27 heavy (non-hydrogen) atoms. The molecule has 0 aromatic carbocycles. The molecule has 1 amide bonds. The van der Waals surface area contributed by atoms with Crippen molar-refractivity contribution in [2.45, 2.75) is 31.7 Å². The largest absolute Gasteiger partial charge is 0.381 e. The first-order valence-corrected chi connectivity index (χ1v) is 9.66. The SMILES string of the molecule is O=C(Nc1cnccn1)c1cccc([C@H]2CCCN2CC2CCOCC2)n1. The number of aromatic nitrogens is 3. The van der Waals surface area contributed by atoms with Gasteiger partial charge in [-0.1, -0.05) is 6.07 Å². The highest BCUT2D eigenvalue weighted by atomic mass is 16.5. The van der Waals surface area contributed by atoms with Crippen molar-refractivity contribution in [1.82, 2.24) is 19.9 Å². The summed E-state index contributed by atoms with van der Waals surface area (Å²) in [5.74, 6) is 0.866. The summed E-state index contributed by atoms with van der Waals surface area (Å²) in [4.78, 5) is 27.8. The molecule has 2 aromatic rings. The summed E-state index contributed by atoms with van der Waals surface area (Å²) in [6.07, 6.45) is 9.17. The van der Waals surface area contributed by atoms with Crippen LogP contribution in [0.2, 0.25) is 0 Å². The van der Waals surface area contributed by atoms with E-state index in [1.54, 1.807) is 18.5 Å². The van der Waals surface area contributed by atoms with Crippen molar-refractivity contribution in [3.05, 3.63) is 48.2 Å². The van der Waals surface area contributed by atoms with E-state index in [4.69, 9.17) is 4.74 Å². The van der Waals surface area contributed by atoms with Crippen LogP contribution < -0.4 is 5.32 Å². The minimum absolute atomic E-state index is 0.258. The molecular formula is C20H25N5O2. The number of nitrogens with one attached hydrogen (secondary N) is 1. The third kappa shape index (κ3) is 4.48. The Balaban J connectivity index is 1.45. The second kappa shape index (κ2) is 8.54. The van der Waals surface area contributed by atoms with Crippen LogP contribution in [-0.2, 0) is 4.74 Å². The van der Waals surface area contributed by atoms with Crippen LogP contribution in [0.25, 0.3) is 0 Å². The highest BCUT2D eigenvalue weighted by Gasteiger charge is 2.30. The summed E-state index contributed by atoms with van der Waals surface area (Å²) in [5, 5.41) is 2.75. The minimum Gasteiger partial charge on any atom is -0.381 e. The van der Waals surface area contributed by atoms with E-state index in [9.17, 15) is 4.79 Å². The van der Waals surface area contributed by atoms with E-state index in [2.05, 4.69) is 25.2 Å². The lowest BCUT2D eigenvalue weighted by Crippen LogP contribution is -2.32. The fraction of sp³-hybridized carbons (Fsp3) is 0.500. The number of carbonyl (C=O) groups is 1. The van der Waals surface area contributed by atoms with E-state index in [-0.39, 0.29) is 11.9 Å². The van der Waals surface area contributed by atoms with Crippen molar-refractivity contribution >= 4 is 11.7 Å². The van der Waals surface area contributed by atoms with Gasteiger partial charge >= 0.3 is 0 Å². The Hall–Kier alpha value is -2.38. The summed E-state index contributed by atoms with van der Waals surface area (Å²) < 4.78 is 5.48. The van der Waals surface area contributed by atoms with E-state index in [0.717, 1.165) is 51.3 Å². The molecule has 2 fully saturated rings. The Morgan fingerprint density at radius 3 is 2.93 bits per heavy atom. The lowest BCUT2D eigenvalue weighted by molar-refractivity contribution is 0.0504. The number of hydrogen-bond acceptors (Lipinski definition) is 6. The minimum atomic E-state index is -0.258. The van der Waals surface area contributed by atoms with Crippen LogP contribution in [0.3, 0.4) is 0 Å². The summed E-state index contributed by atoms with van der Waals surface area (Å²) in [6.45, 7) is 3.93. The molecule has 2 saturated heterocycles. The summed E-state index contributed by atoms with van der Waals surface area (Å²) in [7, 11) is 0. The highest BCUT2D eigenvalue weighted by Crippen LogP contribution is 2.32. The summed E-state index contributed by atoms with van der Waals surface area (Å²) >= 11 is 0. The molecule has 1 N–H and O–H groups in total. The predicted molar refractivity (Wildman–Crippen MR) is 101 cm³/mol. The number of ether oxygens (including phenoxy) is 1. The quantitative estimate of drug-likeness (QED) is 0.875. The smallest absolute Gasteiger partial charge is 0.275 e. The number of rotatable bonds is 5. The van der Waals surface area contributed by atoms with Crippen LogP contribution in [0.1, 0.15) is 47.9 Å². The molecule has 0 bridgehead atoms. The lowest BCUT2D eigenvalue weighted by atomic mass is 9.99. The van der Waals surface area contributed by atoms with Gasteiger partial charge in [0.15, 0.2) is 5.82 Å². The van der Waals surface area contributed by atoms with E-state index in [1.807, 2.05) is 12.1 Å². The van der Waals surface area contributed by atoms with Gasteiger partial charge in [0.2, 0.25) is 0 Å². The fourth-order valence-electron chi connectivity index (χ4n) is 3.95. The maximum absolute atomic E-state index is 12.5. The Morgan fingerprint density at radius 2 is 2.11 bits per heavy atom. The molecule has 0 unspecified atom stereocenters. The Kier molecular flexibility index (Phi) is 5.69. The Morgan fingerprint density at radius 1 is 1.22 bits per heavy atom. The van der Waals surface area contributed by atoms with Crippen LogP contribution in [0, 0.1) is 5.92 Å². The predicted octanol–water partition coefficient (Wildman–Crippen LogP) is 2.69. The maximum atomic E-state index is 12.5. The first kappa shape index (κ1) is 18.0. The average Bonchev–Trinajstić information content (AvgIpc) is 3.18. The standard InChI is InChI=1S/C20H25N5O2/c26-20(24-19-13-21-8-9-22-19)17-4-1-3-16(23-17)18-5-2-10-25(18)14-15-6-11-27-12-7-15/h1,3-4,8-9,13,15,18H,2,5-7,10-12,14H2,(H,22,24,26)/t18-/m1/s1.